The Morgan fingerprint density at radius 1 is 1.00 bits per heavy atom. The molecule has 27 heavy (non-hydrogen) atoms. The molecule has 2 aromatic carbocycles. The Hall–Kier alpha value is -1.86. The highest BCUT2D eigenvalue weighted by Gasteiger charge is 2.22. The van der Waals surface area contributed by atoms with E-state index in [4.69, 9.17) is 14.8 Å². The Kier molecular flexibility index (Phi) is 6.09. The van der Waals surface area contributed by atoms with E-state index in [0.29, 0.717) is 13.2 Å². The van der Waals surface area contributed by atoms with Crippen molar-refractivity contribution >= 4 is 29.4 Å². The number of hydrogen-bond acceptors (Lipinski definition) is 6. The monoisotopic (exact) mass is 383 g/mol. The SMILES string of the molecule is OCCOCCN1CCN(c2cccc3c2Sc2ccccc2C=N3)CC1. The second-order valence-corrected chi connectivity index (χ2v) is 7.74. The maximum Gasteiger partial charge on any atom is 0.0790 e. The lowest BCUT2D eigenvalue weighted by Crippen LogP contribution is -2.47. The Labute approximate surface area is 164 Å². The van der Waals surface area contributed by atoms with Crippen LogP contribution in [0, 0.1) is 0 Å². The van der Waals surface area contributed by atoms with Gasteiger partial charge in [-0.3, -0.25) is 9.89 Å². The fourth-order valence-corrected chi connectivity index (χ4v) is 4.60. The first-order valence-corrected chi connectivity index (χ1v) is 10.3. The molecule has 0 aromatic heterocycles. The van der Waals surface area contributed by atoms with Gasteiger partial charge in [0.25, 0.3) is 0 Å². The number of fused-ring (bicyclic) bond motifs is 2. The predicted molar refractivity (Wildman–Crippen MR) is 111 cm³/mol. The van der Waals surface area contributed by atoms with Crippen LogP contribution in [0.4, 0.5) is 11.4 Å². The van der Waals surface area contributed by atoms with Crippen LogP contribution in [0.2, 0.25) is 0 Å². The largest absolute Gasteiger partial charge is 0.394 e. The van der Waals surface area contributed by atoms with E-state index in [2.05, 4.69) is 52.3 Å². The molecule has 4 rings (SSSR count). The van der Waals surface area contributed by atoms with Crippen LogP contribution in [0.1, 0.15) is 5.56 Å². The number of aliphatic hydroxyl groups excluding tert-OH is 1. The first kappa shape index (κ1) is 18.5. The molecule has 0 spiro atoms. The van der Waals surface area contributed by atoms with Gasteiger partial charge in [-0.1, -0.05) is 36.0 Å². The van der Waals surface area contributed by atoms with Gasteiger partial charge in [-0.2, -0.15) is 0 Å². The molecule has 2 aliphatic heterocycles. The third kappa shape index (κ3) is 4.35. The number of ether oxygens (including phenoxy) is 1. The average Bonchev–Trinajstić information content (AvgIpc) is 2.91. The van der Waals surface area contributed by atoms with Crippen LogP contribution in [0.5, 0.6) is 0 Å². The van der Waals surface area contributed by atoms with Gasteiger partial charge in [0.2, 0.25) is 0 Å². The minimum atomic E-state index is 0.0934. The van der Waals surface area contributed by atoms with E-state index < -0.39 is 0 Å². The number of aliphatic hydroxyl groups is 1. The number of hydrogen-bond donors (Lipinski definition) is 1. The van der Waals surface area contributed by atoms with Crippen molar-refractivity contribution in [3.05, 3.63) is 48.0 Å². The highest BCUT2D eigenvalue weighted by Crippen LogP contribution is 2.44. The summed E-state index contributed by atoms with van der Waals surface area (Å²) in [5.74, 6) is 0. The number of aliphatic imine (C=N–C) groups is 1. The van der Waals surface area contributed by atoms with Crippen LogP contribution >= 0.6 is 11.8 Å². The summed E-state index contributed by atoms with van der Waals surface area (Å²) in [6.07, 6.45) is 1.97. The molecule has 0 atom stereocenters. The van der Waals surface area contributed by atoms with Gasteiger partial charge >= 0.3 is 0 Å². The van der Waals surface area contributed by atoms with Gasteiger partial charge in [-0.25, -0.2) is 0 Å². The zero-order valence-corrected chi connectivity index (χ0v) is 16.2. The lowest BCUT2D eigenvalue weighted by molar-refractivity contribution is 0.0724. The molecule has 1 N–H and O–H groups in total. The molecule has 2 heterocycles. The predicted octanol–water partition coefficient (Wildman–Crippen LogP) is 3.03. The third-order valence-electron chi connectivity index (χ3n) is 4.95. The molecular weight excluding hydrogens is 358 g/mol. The van der Waals surface area contributed by atoms with Crippen molar-refractivity contribution in [1.29, 1.82) is 0 Å². The second kappa shape index (κ2) is 8.89. The summed E-state index contributed by atoms with van der Waals surface area (Å²) in [7, 11) is 0. The number of benzene rings is 2. The first-order valence-electron chi connectivity index (χ1n) is 9.45. The molecule has 0 bridgehead atoms. The topological polar surface area (TPSA) is 48.3 Å². The summed E-state index contributed by atoms with van der Waals surface area (Å²) in [6, 6.07) is 14.9. The van der Waals surface area contributed by atoms with Gasteiger partial charge in [-0.15, -0.1) is 0 Å². The summed E-state index contributed by atoms with van der Waals surface area (Å²) in [6.45, 7) is 6.18. The minimum absolute atomic E-state index is 0.0934. The number of rotatable bonds is 6. The molecule has 6 heteroatoms. The summed E-state index contributed by atoms with van der Waals surface area (Å²) in [5, 5.41) is 8.78. The van der Waals surface area contributed by atoms with Gasteiger partial charge in [0, 0.05) is 49.4 Å². The fraction of sp³-hybridized carbons (Fsp3) is 0.381. The molecule has 2 aliphatic rings. The van der Waals surface area contributed by atoms with Crippen LogP contribution in [0.3, 0.4) is 0 Å². The number of piperazine rings is 1. The zero-order valence-electron chi connectivity index (χ0n) is 15.4. The molecule has 0 aliphatic carbocycles. The van der Waals surface area contributed by atoms with E-state index in [0.717, 1.165) is 38.4 Å². The quantitative estimate of drug-likeness (QED) is 0.663. The van der Waals surface area contributed by atoms with Gasteiger partial charge < -0.3 is 14.7 Å². The van der Waals surface area contributed by atoms with Crippen molar-refractivity contribution in [3.8, 4) is 0 Å². The van der Waals surface area contributed by atoms with Crippen molar-refractivity contribution < 1.29 is 9.84 Å². The minimum Gasteiger partial charge on any atom is -0.394 e. The molecule has 142 valence electrons. The molecule has 0 radical (unpaired) electrons. The molecule has 2 aromatic rings. The van der Waals surface area contributed by atoms with Crippen molar-refractivity contribution in [2.24, 2.45) is 4.99 Å². The number of anilines is 1. The van der Waals surface area contributed by atoms with Crippen LogP contribution in [-0.4, -0.2) is 68.8 Å². The maximum absolute atomic E-state index is 8.78. The highest BCUT2D eigenvalue weighted by molar-refractivity contribution is 7.99. The fourth-order valence-electron chi connectivity index (χ4n) is 3.47. The number of nitrogens with zero attached hydrogens (tertiary/aromatic N) is 3. The normalized spacial score (nSPS) is 16.7. The Balaban J connectivity index is 1.46. The molecule has 0 saturated carbocycles. The molecule has 0 unspecified atom stereocenters. The lowest BCUT2D eigenvalue weighted by atomic mass is 10.2. The summed E-state index contributed by atoms with van der Waals surface area (Å²) in [5.41, 5.74) is 3.51. The van der Waals surface area contributed by atoms with E-state index in [9.17, 15) is 0 Å². The second-order valence-electron chi connectivity index (χ2n) is 6.69. The van der Waals surface area contributed by atoms with E-state index in [-0.39, 0.29) is 6.61 Å². The van der Waals surface area contributed by atoms with E-state index in [1.807, 2.05) is 18.0 Å². The van der Waals surface area contributed by atoms with Crippen LogP contribution < -0.4 is 4.90 Å². The third-order valence-corrected chi connectivity index (χ3v) is 6.16. The van der Waals surface area contributed by atoms with Gasteiger partial charge in [0.1, 0.15) is 0 Å². The van der Waals surface area contributed by atoms with Gasteiger partial charge in [-0.05, 0) is 18.2 Å². The maximum atomic E-state index is 8.78. The van der Waals surface area contributed by atoms with E-state index in [1.165, 1.54) is 21.0 Å². The van der Waals surface area contributed by atoms with Crippen LogP contribution in [0.25, 0.3) is 0 Å². The van der Waals surface area contributed by atoms with Crippen molar-refractivity contribution in [2.45, 2.75) is 9.79 Å². The Bertz CT molecular complexity index is 804. The summed E-state index contributed by atoms with van der Waals surface area (Å²) < 4.78 is 5.39. The Morgan fingerprint density at radius 2 is 1.85 bits per heavy atom. The van der Waals surface area contributed by atoms with Crippen molar-refractivity contribution in [1.82, 2.24) is 4.90 Å². The van der Waals surface area contributed by atoms with Gasteiger partial charge in [0.05, 0.1) is 36.1 Å². The Morgan fingerprint density at radius 3 is 2.70 bits per heavy atom. The van der Waals surface area contributed by atoms with Crippen LogP contribution in [-0.2, 0) is 4.74 Å². The summed E-state index contributed by atoms with van der Waals surface area (Å²) >= 11 is 1.82. The van der Waals surface area contributed by atoms with Crippen molar-refractivity contribution in [3.63, 3.8) is 0 Å². The average molecular weight is 384 g/mol. The van der Waals surface area contributed by atoms with Crippen molar-refractivity contribution in [2.75, 3.05) is 57.4 Å². The molecular formula is C21H25N3O2S. The molecule has 5 nitrogen and oxygen atoms in total. The lowest BCUT2D eigenvalue weighted by Gasteiger charge is -2.37. The highest BCUT2D eigenvalue weighted by atomic mass is 32.2. The zero-order chi connectivity index (χ0) is 18.5. The van der Waals surface area contributed by atoms with Gasteiger partial charge in [0.15, 0.2) is 0 Å². The van der Waals surface area contributed by atoms with E-state index in [1.54, 1.807) is 0 Å². The summed E-state index contributed by atoms with van der Waals surface area (Å²) in [4.78, 5) is 12.1. The standard InChI is InChI=1S/C21H25N3O2S/c25-13-15-26-14-12-23-8-10-24(11-9-23)19-6-3-5-18-21(19)27-20-7-2-1-4-17(20)16-22-18/h1-7,16,25H,8-15H2. The first-order chi connectivity index (χ1) is 13.3. The molecule has 1 fully saturated rings. The van der Waals surface area contributed by atoms with Crippen LogP contribution in [0.15, 0.2) is 57.2 Å². The molecule has 1 saturated heterocycles. The van der Waals surface area contributed by atoms with E-state index >= 15 is 0 Å². The smallest absolute Gasteiger partial charge is 0.0790 e. The molecule has 0 amide bonds.